The van der Waals surface area contributed by atoms with Gasteiger partial charge in [0.1, 0.15) is 0 Å². The number of carboxylic acid groups (broad SMARTS) is 2. The molecule has 0 spiro atoms. The molecule has 0 bridgehead atoms. The Hall–Kier alpha value is -3.50. The van der Waals surface area contributed by atoms with Crippen molar-refractivity contribution in [3.05, 3.63) is 77.9 Å². The van der Waals surface area contributed by atoms with Crippen molar-refractivity contribution in [2.75, 3.05) is 0 Å². The van der Waals surface area contributed by atoms with Crippen molar-refractivity contribution in [1.82, 2.24) is 9.13 Å². The van der Waals surface area contributed by atoms with Crippen LogP contribution in [0.3, 0.4) is 0 Å². The number of aromatic nitrogens is 2. The second-order valence-corrected chi connectivity index (χ2v) is 12.4. The van der Waals surface area contributed by atoms with Crippen LogP contribution in [-0.4, -0.2) is 31.3 Å². The number of halogens is 2. The van der Waals surface area contributed by atoms with Gasteiger partial charge in [0.25, 0.3) is 0 Å². The van der Waals surface area contributed by atoms with Gasteiger partial charge in [0.15, 0.2) is 10.9 Å². The van der Waals surface area contributed by atoms with Crippen molar-refractivity contribution >= 4 is 87.4 Å². The number of carboxylic acids is 2. The quantitative estimate of drug-likeness (QED) is 0.103. The number of benzene rings is 3. The Morgan fingerprint density at radius 1 is 0.548 bits per heavy atom. The summed E-state index contributed by atoms with van der Waals surface area (Å²) in [6, 6.07) is 14.9. The molecule has 2 aromatic heterocycles. The molecule has 5 rings (SSSR count). The van der Waals surface area contributed by atoms with Crippen molar-refractivity contribution in [3.63, 3.8) is 0 Å². The van der Waals surface area contributed by atoms with Gasteiger partial charge in [-0.3, -0.25) is 19.2 Å². The van der Waals surface area contributed by atoms with Crippen LogP contribution in [0.4, 0.5) is 0 Å². The minimum atomic E-state index is -0.817. The summed E-state index contributed by atoms with van der Waals surface area (Å²) in [7, 11) is 0. The monoisotopic (exact) mass is 696 g/mol. The number of carbonyl (C=O) groups is 2. The van der Waals surface area contributed by atoms with Crippen LogP contribution in [-0.2, 0) is 22.7 Å². The van der Waals surface area contributed by atoms with E-state index in [-0.39, 0.29) is 23.7 Å². The van der Waals surface area contributed by atoms with Gasteiger partial charge in [-0.05, 0) is 74.2 Å². The fourth-order valence-corrected chi connectivity index (χ4v) is 6.44. The molecule has 0 radical (unpaired) electrons. The zero-order chi connectivity index (χ0) is 30.0. The molecule has 5 aromatic rings. The van der Waals surface area contributed by atoms with E-state index in [9.17, 15) is 19.2 Å². The third-order valence-electron chi connectivity index (χ3n) is 7.72. The lowest BCUT2D eigenvalue weighted by atomic mass is 10.0. The first kappa shape index (κ1) is 30.0. The summed E-state index contributed by atoms with van der Waals surface area (Å²) in [6.07, 6.45) is 4.25. The highest BCUT2D eigenvalue weighted by Crippen LogP contribution is 2.29. The number of pyridine rings is 2. The molecule has 2 N–H and O–H groups in total. The van der Waals surface area contributed by atoms with Crippen LogP contribution in [0.15, 0.2) is 67.1 Å². The largest absolute Gasteiger partial charge is 0.481 e. The van der Waals surface area contributed by atoms with Gasteiger partial charge in [-0.2, -0.15) is 0 Å². The van der Waals surface area contributed by atoms with Crippen molar-refractivity contribution in [2.45, 2.75) is 64.5 Å². The summed E-state index contributed by atoms with van der Waals surface area (Å²) in [6.45, 7) is 1.13. The molecule has 0 amide bonds. The molecule has 42 heavy (non-hydrogen) atoms. The van der Waals surface area contributed by atoms with E-state index < -0.39 is 11.9 Å². The van der Waals surface area contributed by atoms with Gasteiger partial charge in [0, 0.05) is 56.4 Å². The Labute approximate surface area is 257 Å². The third kappa shape index (κ3) is 6.15. The number of aryl methyl sites for hydroxylation is 2. The molecule has 8 nitrogen and oxygen atoms in total. The van der Waals surface area contributed by atoms with E-state index in [2.05, 4.69) is 41.0 Å². The topological polar surface area (TPSA) is 119 Å². The maximum absolute atomic E-state index is 13.9. The summed E-state index contributed by atoms with van der Waals surface area (Å²) < 4.78 is 5.71. The number of aliphatic carboxylic acids is 2. The highest BCUT2D eigenvalue weighted by Gasteiger charge is 2.17. The van der Waals surface area contributed by atoms with Gasteiger partial charge in [-0.25, -0.2) is 0 Å². The van der Waals surface area contributed by atoms with E-state index in [0.717, 1.165) is 45.7 Å². The van der Waals surface area contributed by atoms with Gasteiger partial charge in [0.05, 0.1) is 22.1 Å². The van der Waals surface area contributed by atoms with Crippen LogP contribution in [0.25, 0.3) is 43.6 Å². The van der Waals surface area contributed by atoms with E-state index in [1.165, 1.54) is 0 Å². The first-order valence-corrected chi connectivity index (χ1v) is 15.6. The summed E-state index contributed by atoms with van der Waals surface area (Å²) in [5.41, 5.74) is 2.61. The van der Waals surface area contributed by atoms with Gasteiger partial charge >= 0.3 is 11.9 Å². The molecular weight excluding hydrogens is 668 g/mol. The molecule has 218 valence electrons. The van der Waals surface area contributed by atoms with Crippen LogP contribution in [0, 0.1) is 0 Å². The first-order valence-electron chi connectivity index (χ1n) is 14.0. The predicted molar refractivity (Wildman–Crippen MR) is 173 cm³/mol. The number of unbranched alkanes of at least 4 members (excludes halogenated alkanes) is 4. The zero-order valence-corrected chi connectivity index (χ0v) is 26.0. The Balaban J connectivity index is 1.72. The molecular formula is C32H30Br2N2O6. The second-order valence-electron chi connectivity index (χ2n) is 10.6. The minimum absolute atomic E-state index is 0.113. The van der Waals surface area contributed by atoms with Crippen molar-refractivity contribution < 1.29 is 19.8 Å². The van der Waals surface area contributed by atoms with Gasteiger partial charge in [-0.15, -0.1) is 0 Å². The van der Waals surface area contributed by atoms with E-state index in [1.54, 1.807) is 0 Å². The Kier molecular flexibility index (Phi) is 9.13. The van der Waals surface area contributed by atoms with E-state index in [1.807, 2.05) is 48.5 Å². The smallest absolute Gasteiger partial charge is 0.303 e. The minimum Gasteiger partial charge on any atom is -0.481 e. The summed E-state index contributed by atoms with van der Waals surface area (Å²) in [5.74, 6) is -1.63. The third-order valence-corrected chi connectivity index (χ3v) is 8.70. The highest BCUT2D eigenvalue weighted by molar-refractivity contribution is 9.10. The molecule has 0 aliphatic carbocycles. The number of fused-ring (bicyclic) bond motifs is 4. The maximum atomic E-state index is 13.9. The molecule has 0 fully saturated rings. The number of rotatable bonds is 12. The average Bonchev–Trinajstić information content (AvgIpc) is 2.95. The molecule has 2 heterocycles. The Bertz CT molecular complexity index is 1840. The number of hydrogen-bond donors (Lipinski definition) is 2. The van der Waals surface area contributed by atoms with E-state index in [0.29, 0.717) is 58.5 Å². The van der Waals surface area contributed by atoms with Crippen LogP contribution in [0.2, 0.25) is 0 Å². The molecule has 0 aliphatic rings. The Morgan fingerprint density at radius 2 is 0.929 bits per heavy atom. The van der Waals surface area contributed by atoms with Gasteiger partial charge < -0.3 is 19.3 Å². The van der Waals surface area contributed by atoms with E-state index in [4.69, 9.17) is 10.2 Å². The van der Waals surface area contributed by atoms with Crippen molar-refractivity contribution in [1.29, 1.82) is 0 Å². The number of nitrogens with zero attached hydrogens (tertiary/aromatic N) is 2. The van der Waals surface area contributed by atoms with Crippen LogP contribution >= 0.6 is 31.9 Å². The lowest BCUT2D eigenvalue weighted by molar-refractivity contribution is -0.138. The molecule has 0 saturated carbocycles. The van der Waals surface area contributed by atoms with Crippen molar-refractivity contribution in [2.24, 2.45) is 0 Å². The molecule has 0 saturated heterocycles. The fraction of sp³-hybridized carbons (Fsp3) is 0.312. The average molecular weight is 698 g/mol. The van der Waals surface area contributed by atoms with Gasteiger partial charge in [-0.1, -0.05) is 44.7 Å². The summed E-state index contributed by atoms with van der Waals surface area (Å²) in [4.78, 5) is 49.8. The standard InChI is InChI=1S/C32H30Br2N2O6/c33-19-9-11-25-21(15-19)31(41)23-18-28-24(17-27(23)35(25)13-5-1-3-7-29(37)38)32(42)22-16-20(34)10-12-26(22)36(28)14-6-2-4-8-30(39)40/h9-12,15-18H,1-8,13-14H2,(H,37,38)(H,39,40). The normalized spacial score (nSPS) is 11.7. The zero-order valence-electron chi connectivity index (χ0n) is 22.9. The molecule has 0 aliphatic heterocycles. The Morgan fingerprint density at radius 3 is 1.31 bits per heavy atom. The van der Waals surface area contributed by atoms with E-state index >= 15 is 0 Å². The van der Waals surface area contributed by atoms with Crippen molar-refractivity contribution in [3.8, 4) is 0 Å². The molecule has 0 atom stereocenters. The lowest BCUT2D eigenvalue weighted by Crippen LogP contribution is -2.16. The highest BCUT2D eigenvalue weighted by atomic mass is 79.9. The molecule has 3 aromatic carbocycles. The maximum Gasteiger partial charge on any atom is 0.303 e. The summed E-state index contributed by atoms with van der Waals surface area (Å²) in [5, 5.41) is 20.2. The predicted octanol–water partition coefficient (Wildman–Crippen LogP) is 7.44. The fourth-order valence-electron chi connectivity index (χ4n) is 5.72. The van der Waals surface area contributed by atoms with Crippen LogP contribution < -0.4 is 10.9 Å². The van der Waals surface area contributed by atoms with Crippen LogP contribution in [0.5, 0.6) is 0 Å². The SMILES string of the molecule is O=C(O)CCCCCn1c2ccc(Br)cc2c(=O)c2cc3c(cc21)c(=O)c1cc(Br)ccc1n3CCCCCC(=O)O. The van der Waals surface area contributed by atoms with Crippen LogP contribution in [0.1, 0.15) is 51.4 Å². The molecule has 0 unspecified atom stereocenters. The summed E-state index contributed by atoms with van der Waals surface area (Å²) >= 11 is 6.99. The second kappa shape index (κ2) is 12.8. The number of hydrogen-bond acceptors (Lipinski definition) is 4. The van der Waals surface area contributed by atoms with Gasteiger partial charge in [0.2, 0.25) is 0 Å². The lowest BCUT2D eigenvalue weighted by Gasteiger charge is -2.19. The molecule has 10 heteroatoms. The first-order chi connectivity index (χ1) is 20.2.